The molecule has 0 bridgehead atoms. The predicted octanol–water partition coefficient (Wildman–Crippen LogP) is 3.64. The van der Waals surface area contributed by atoms with E-state index in [4.69, 9.17) is 4.74 Å². The van der Waals surface area contributed by atoms with Crippen molar-refractivity contribution in [3.05, 3.63) is 77.1 Å². The second-order valence-corrected chi connectivity index (χ2v) is 9.11. The Hall–Kier alpha value is -3.57. The lowest BCUT2D eigenvalue weighted by Gasteiger charge is -2.11. The molecule has 8 nitrogen and oxygen atoms in total. The minimum Gasteiger partial charge on any atom is -0.454 e. The summed E-state index contributed by atoms with van der Waals surface area (Å²) in [4.78, 5) is 25.0. The van der Waals surface area contributed by atoms with E-state index in [9.17, 15) is 26.8 Å². The zero-order valence-electron chi connectivity index (χ0n) is 18.5. The van der Waals surface area contributed by atoms with Crippen molar-refractivity contribution in [3.8, 4) is 11.4 Å². The van der Waals surface area contributed by atoms with Crippen molar-refractivity contribution >= 4 is 21.8 Å². The molecule has 0 saturated heterocycles. The first-order valence-electron chi connectivity index (χ1n) is 10.0. The van der Waals surface area contributed by atoms with Crippen molar-refractivity contribution in [2.75, 3.05) is 13.7 Å². The van der Waals surface area contributed by atoms with E-state index in [1.54, 1.807) is 36.6 Å². The monoisotopic (exact) mass is 492 g/mol. The molecule has 0 atom stereocenters. The summed E-state index contributed by atoms with van der Waals surface area (Å²) in [6.07, 6.45) is 0. The molecule has 0 aliphatic rings. The molecule has 0 saturated carbocycles. The van der Waals surface area contributed by atoms with Crippen LogP contribution in [-0.4, -0.2) is 45.0 Å². The SMILES string of the molecule is CNS(=O)(=O)c1cccc(C(=O)OCC(=O)c2cc(C)n(-c3ccc(OC(F)F)cc3)c2C)c1. The number of alkyl halides is 2. The van der Waals surface area contributed by atoms with Crippen LogP contribution >= 0.6 is 0 Å². The van der Waals surface area contributed by atoms with E-state index in [0.717, 1.165) is 6.07 Å². The van der Waals surface area contributed by atoms with Gasteiger partial charge in [-0.05, 0) is 69.4 Å². The van der Waals surface area contributed by atoms with Gasteiger partial charge in [0.15, 0.2) is 6.61 Å². The molecule has 0 spiro atoms. The molecule has 3 aromatic rings. The maximum absolute atomic E-state index is 12.7. The second-order valence-electron chi connectivity index (χ2n) is 7.23. The van der Waals surface area contributed by atoms with E-state index < -0.39 is 35.0 Å². The Balaban J connectivity index is 1.74. The number of ether oxygens (including phenoxy) is 2. The Morgan fingerprint density at radius 2 is 1.74 bits per heavy atom. The number of carbonyl (C=O) groups excluding carboxylic acids is 2. The van der Waals surface area contributed by atoms with E-state index in [1.165, 1.54) is 37.4 Å². The van der Waals surface area contributed by atoms with Gasteiger partial charge in [-0.3, -0.25) is 4.79 Å². The largest absolute Gasteiger partial charge is 0.454 e. The molecule has 0 fully saturated rings. The van der Waals surface area contributed by atoms with Gasteiger partial charge in [-0.15, -0.1) is 0 Å². The van der Waals surface area contributed by atoms with Crippen molar-refractivity contribution in [2.24, 2.45) is 0 Å². The van der Waals surface area contributed by atoms with E-state index >= 15 is 0 Å². The summed E-state index contributed by atoms with van der Waals surface area (Å²) in [6.45, 7) is 0.000877. The fourth-order valence-electron chi connectivity index (χ4n) is 3.42. The third-order valence-electron chi connectivity index (χ3n) is 5.03. The molecule has 1 N–H and O–H groups in total. The van der Waals surface area contributed by atoms with Crippen LogP contribution in [0.1, 0.15) is 32.1 Å². The first-order valence-corrected chi connectivity index (χ1v) is 11.5. The van der Waals surface area contributed by atoms with Crippen molar-refractivity contribution in [1.82, 2.24) is 9.29 Å². The number of aromatic nitrogens is 1. The first-order chi connectivity index (χ1) is 16.0. The molecule has 0 amide bonds. The Bertz CT molecular complexity index is 1320. The molecule has 1 aromatic heterocycles. The molecule has 0 radical (unpaired) electrons. The van der Waals surface area contributed by atoms with E-state index in [2.05, 4.69) is 9.46 Å². The van der Waals surface area contributed by atoms with Gasteiger partial charge in [-0.1, -0.05) is 6.07 Å². The van der Waals surface area contributed by atoms with E-state index in [0.29, 0.717) is 22.6 Å². The summed E-state index contributed by atoms with van der Waals surface area (Å²) in [7, 11) is -2.49. The van der Waals surface area contributed by atoms with Gasteiger partial charge in [0.2, 0.25) is 15.8 Å². The maximum atomic E-state index is 12.7. The number of hydrogen-bond donors (Lipinski definition) is 1. The molecule has 34 heavy (non-hydrogen) atoms. The Labute approximate surface area is 195 Å². The quantitative estimate of drug-likeness (QED) is 0.361. The highest BCUT2D eigenvalue weighted by Crippen LogP contribution is 2.24. The van der Waals surface area contributed by atoms with E-state index in [1.807, 2.05) is 0 Å². The molecule has 0 aliphatic heterocycles. The summed E-state index contributed by atoms with van der Waals surface area (Å²) in [5.41, 5.74) is 2.23. The van der Waals surface area contributed by atoms with Crippen molar-refractivity contribution in [3.63, 3.8) is 0 Å². The zero-order valence-corrected chi connectivity index (χ0v) is 19.4. The Kier molecular flexibility index (Phi) is 7.48. The number of nitrogens with one attached hydrogen (secondary N) is 1. The fourth-order valence-corrected chi connectivity index (χ4v) is 4.19. The molecule has 11 heteroatoms. The van der Waals surface area contributed by atoms with Crippen molar-refractivity contribution in [1.29, 1.82) is 0 Å². The number of sulfonamides is 1. The van der Waals surface area contributed by atoms with Gasteiger partial charge in [0.25, 0.3) is 0 Å². The molecule has 2 aromatic carbocycles. The summed E-state index contributed by atoms with van der Waals surface area (Å²) >= 11 is 0. The van der Waals surface area contributed by atoms with Gasteiger partial charge in [-0.25, -0.2) is 17.9 Å². The van der Waals surface area contributed by atoms with Gasteiger partial charge in [-0.2, -0.15) is 8.78 Å². The maximum Gasteiger partial charge on any atom is 0.387 e. The summed E-state index contributed by atoms with van der Waals surface area (Å²) in [6, 6.07) is 12.9. The Morgan fingerprint density at radius 1 is 1.06 bits per heavy atom. The van der Waals surface area contributed by atoms with Gasteiger partial charge in [0, 0.05) is 22.6 Å². The fraction of sp³-hybridized carbons (Fsp3) is 0.217. The average molecular weight is 493 g/mol. The van der Waals surface area contributed by atoms with Crippen LogP contribution in [0, 0.1) is 13.8 Å². The lowest BCUT2D eigenvalue weighted by molar-refractivity contribution is -0.0498. The number of ketones is 1. The molecule has 3 rings (SSSR count). The standard InChI is InChI=1S/C23H22F2N2O6S/c1-14-11-20(15(2)27(14)17-7-9-18(10-8-17)33-23(24)25)21(28)13-32-22(29)16-5-4-6-19(12-16)34(30,31)26-3/h4-12,23,26H,13H2,1-3H3. The number of halogens is 2. The van der Waals surface area contributed by atoms with Gasteiger partial charge < -0.3 is 14.0 Å². The number of rotatable bonds is 9. The minimum absolute atomic E-state index is 0.0102. The van der Waals surface area contributed by atoms with Crippen LogP contribution in [0.15, 0.2) is 59.5 Å². The number of carbonyl (C=O) groups is 2. The van der Waals surface area contributed by atoms with E-state index in [-0.39, 0.29) is 16.2 Å². The van der Waals surface area contributed by atoms with Crippen LogP contribution in [0.5, 0.6) is 5.75 Å². The molecule has 1 heterocycles. The number of aryl methyl sites for hydroxylation is 1. The van der Waals surface area contributed by atoms with Crippen molar-refractivity contribution in [2.45, 2.75) is 25.4 Å². The lowest BCUT2D eigenvalue weighted by atomic mass is 10.1. The van der Waals surface area contributed by atoms with Gasteiger partial charge in [0.1, 0.15) is 5.75 Å². The number of nitrogens with zero attached hydrogens (tertiary/aromatic N) is 1. The highest BCUT2D eigenvalue weighted by molar-refractivity contribution is 7.89. The molecular formula is C23H22F2N2O6S. The number of Topliss-reactive ketones (excluding diaryl/α,β-unsaturated/α-hetero) is 1. The summed E-state index contributed by atoms with van der Waals surface area (Å²) in [5.74, 6) is -1.29. The average Bonchev–Trinajstić information content (AvgIpc) is 3.11. The second kappa shape index (κ2) is 10.1. The molecular weight excluding hydrogens is 470 g/mol. The predicted molar refractivity (Wildman–Crippen MR) is 119 cm³/mol. The topological polar surface area (TPSA) is 104 Å². The highest BCUT2D eigenvalue weighted by atomic mass is 32.2. The highest BCUT2D eigenvalue weighted by Gasteiger charge is 2.20. The lowest BCUT2D eigenvalue weighted by Crippen LogP contribution is -2.19. The number of benzene rings is 2. The third-order valence-corrected chi connectivity index (χ3v) is 6.45. The minimum atomic E-state index is -3.74. The van der Waals surface area contributed by atoms with Crippen LogP contribution in [-0.2, 0) is 14.8 Å². The van der Waals surface area contributed by atoms with Gasteiger partial charge >= 0.3 is 12.6 Å². The van der Waals surface area contributed by atoms with Crippen molar-refractivity contribution < 1.29 is 36.3 Å². The first kappa shape index (κ1) is 25.1. The smallest absolute Gasteiger partial charge is 0.387 e. The normalized spacial score (nSPS) is 11.5. The summed E-state index contributed by atoms with van der Waals surface area (Å²) < 4.78 is 61.9. The molecule has 0 unspecified atom stereocenters. The zero-order chi connectivity index (χ0) is 25.0. The van der Waals surface area contributed by atoms with Crippen LogP contribution in [0.2, 0.25) is 0 Å². The summed E-state index contributed by atoms with van der Waals surface area (Å²) in [5, 5.41) is 0. The number of hydrogen-bond acceptors (Lipinski definition) is 6. The molecule has 180 valence electrons. The van der Waals surface area contributed by atoms with Crippen LogP contribution in [0.25, 0.3) is 5.69 Å². The Morgan fingerprint density at radius 3 is 2.35 bits per heavy atom. The number of esters is 1. The van der Waals surface area contributed by atoms with Crippen LogP contribution in [0.4, 0.5) is 8.78 Å². The molecule has 0 aliphatic carbocycles. The van der Waals surface area contributed by atoms with Gasteiger partial charge in [0.05, 0.1) is 10.5 Å². The van der Waals surface area contributed by atoms with Crippen LogP contribution < -0.4 is 9.46 Å². The van der Waals surface area contributed by atoms with Crippen LogP contribution in [0.3, 0.4) is 0 Å². The third kappa shape index (κ3) is 5.49.